The minimum Gasteiger partial charge on any atom is -0.240 e. The van der Waals surface area contributed by atoms with Crippen LogP contribution in [0.2, 0.25) is 0 Å². The Kier molecular flexibility index (Phi) is 19.6. The van der Waals surface area contributed by atoms with E-state index in [1.165, 1.54) is 62.2 Å². The maximum absolute atomic E-state index is 4.99. The molecule has 0 amide bonds. The van der Waals surface area contributed by atoms with Crippen LogP contribution in [0.15, 0.2) is 0 Å². The minimum atomic E-state index is 0.720. The second-order valence-electron chi connectivity index (χ2n) is 11.1. The SMILES string of the molecule is COOCCCC(C)CC(C)CC(C)CC(C)CC(C)CC(C)CC(C)CCCI. The molecule has 2 nitrogen and oxygen atoms in total. The van der Waals surface area contributed by atoms with Crippen molar-refractivity contribution in [3.8, 4) is 0 Å². The van der Waals surface area contributed by atoms with Crippen molar-refractivity contribution in [3.63, 3.8) is 0 Å². The van der Waals surface area contributed by atoms with Gasteiger partial charge in [-0.05, 0) is 110 Å². The van der Waals surface area contributed by atoms with Gasteiger partial charge in [-0.25, -0.2) is 9.78 Å². The third kappa shape index (κ3) is 18.2. The second-order valence-corrected chi connectivity index (χ2v) is 12.2. The van der Waals surface area contributed by atoms with E-state index in [-0.39, 0.29) is 0 Å². The summed E-state index contributed by atoms with van der Waals surface area (Å²) < 4.78 is 1.31. The predicted molar refractivity (Wildman–Crippen MR) is 142 cm³/mol. The average Bonchev–Trinajstić information content (AvgIpc) is 2.62. The third-order valence-corrected chi connectivity index (χ3v) is 7.46. The molecule has 7 atom stereocenters. The van der Waals surface area contributed by atoms with E-state index in [9.17, 15) is 0 Å². The Morgan fingerprint density at radius 2 is 0.867 bits per heavy atom. The second kappa shape index (κ2) is 19.1. The molecule has 182 valence electrons. The fourth-order valence-electron chi connectivity index (χ4n) is 5.84. The lowest BCUT2D eigenvalue weighted by atomic mass is 9.80. The van der Waals surface area contributed by atoms with Crippen LogP contribution in [-0.2, 0) is 9.78 Å². The van der Waals surface area contributed by atoms with E-state index in [4.69, 9.17) is 4.89 Å². The standard InChI is InChI=1S/C27H55IO2/c1-21(11-9-13-28)15-23(3)17-25(5)19-27(7)20-26(6)18-24(4)16-22(2)12-10-14-30-29-8/h21-27H,9-20H2,1-8H3. The molecule has 0 saturated carbocycles. The molecule has 7 unspecified atom stereocenters. The average molecular weight is 539 g/mol. The molecule has 0 fully saturated rings. The number of hydrogen-bond donors (Lipinski definition) is 0. The Balaban J connectivity index is 4.03. The summed E-state index contributed by atoms with van der Waals surface area (Å²) in [6, 6.07) is 0. The number of hydrogen-bond acceptors (Lipinski definition) is 2. The number of halogens is 1. The summed E-state index contributed by atoms with van der Waals surface area (Å²) in [6.07, 6.45) is 13.5. The van der Waals surface area contributed by atoms with Gasteiger partial charge in [-0.15, -0.1) is 0 Å². The van der Waals surface area contributed by atoms with Crippen LogP contribution < -0.4 is 0 Å². The molecular formula is C27H55IO2. The molecule has 0 aromatic rings. The van der Waals surface area contributed by atoms with Gasteiger partial charge in [0.1, 0.15) is 0 Å². The summed E-state index contributed by atoms with van der Waals surface area (Å²) in [4.78, 5) is 9.66. The van der Waals surface area contributed by atoms with Gasteiger partial charge in [0, 0.05) is 0 Å². The highest BCUT2D eigenvalue weighted by Gasteiger charge is 2.18. The maximum atomic E-state index is 4.99. The molecule has 0 aliphatic heterocycles. The number of alkyl halides is 1. The Hall–Kier alpha value is 0.650. The lowest BCUT2D eigenvalue weighted by Crippen LogP contribution is -2.14. The van der Waals surface area contributed by atoms with Crippen LogP contribution in [0.1, 0.15) is 113 Å². The van der Waals surface area contributed by atoms with Gasteiger partial charge < -0.3 is 0 Å². The molecule has 0 radical (unpaired) electrons. The first-order chi connectivity index (χ1) is 14.2. The van der Waals surface area contributed by atoms with Crippen LogP contribution in [0.4, 0.5) is 0 Å². The first-order valence-corrected chi connectivity index (χ1v) is 14.4. The van der Waals surface area contributed by atoms with E-state index in [0.29, 0.717) is 0 Å². The van der Waals surface area contributed by atoms with E-state index >= 15 is 0 Å². The molecule has 3 heteroatoms. The summed E-state index contributed by atoms with van der Waals surface area (Å²) in [5.74, 6) is 5.95. The smallest absolute Gasteiger partial charge is 0.0822 e. The molecule has 0 saturated heterocycles. The molecule has 0 aliphatic rings. The van der Waals surface area contributed by atoms with Gasteiger partial charge in [-0.3, -0.25) is 0 Å². The summed E-state index contributed by atoms with van der Waals surface area (Å²) in [5.41, 5.74) is 0. The molecular weight excluding hydrogens is 483 g/mol. The van der Waals surface area contributed by atoms with Crippen molar-refractivity contribution in [3.05, 3.63) is 0 Å². The highest BCUT2D eigenvalue weighted by atomic mass is 127. The lowest BCUT2D eigenvalue weighted by molar-refractivity contribution is -0.273. The zero-order valence-electron chi connectivity index (χ0n) is 21.7. The van der Waals surface area contributed by atoms with Crippen LogP contribution in [0.25, 0.3) is 0 Å². The van der Waals surface area contributed by atoms with Crippen LogP contribution in [-0.4, -0.2) is 18.1 Å². The van der Waals surface area contributed by atoms with Crippen molar-refractivity contribution in [2.45, 2.75) is 113 Å². The van der Waals surface area contributed by atoms with E-state index in [1.54, 1.807) is 7.11 Å². The largest absolute Gasteiger partial charge is 0.240 e. The molecule has 0 N–H and O–H groups in total. The highest BCUT2D eigenvalue weighted by molar-refractivity contribution is 14.1. The topological polar surface area (TPSA) is 18.5 Å². The summed E-state index contributed by atoms with van der Waals surface area (Å²) in [7, 11) is 1.59. The van der Waals surface area contributed by atoms with Crippen molar-refractivity contribution >= 4 is 22.6 Å². The summed E-state index contributed by atoms with van der Waals surface area (Å²) >= 11 is 2.51. The van der Waals surface area contributed by atoms with Gasteiger partial charge in [-0.2, -0.15) is 0 Å². The Morgan fingerprint density at radius 3 is 1.20 bits per heavy atom. The molecule has 0 aromatic carbocycles. The van der Waals surface area contributed by atoms with Crippen molar-refractivity contribution in [1.29, 1.82) is 0 Å². The fraction of sp³-hybridized carbons (Fsp3) is 1.00. The predicted octanol–water partition coefficient (Wildman–Crippen LogP) is 9.35. The zero-order valence-corrected chi connectivity index (χ0v) is 23.9. The van der Waals surface area contributed by atoms with E-state index < -0.39 is 0 Å². The van der Waals surface area contributed by atoms with E-state index in [2.05, 4.69) is 75.9 Å². The van der Waals surface area contributed by atoms with Crippen molar-refractivity contribution in [2.75, 3.05) is 18.1 Å². The van der Waals surface area contributed by atoms with Gasteiger partial charge in [-0.1, -0.05) is 71.1 Å². The van der Waals surface area contributed by atoms with Gasteiger partial charge >= 0.3 is 0 Å². The molecule has 0 aromatic heterocycles. The summed E-state index contributed by atoms with van der Waals surface area (Å²) in [6.45, 7) is 18.0. The Labute approximate surface area is 204 Å². The minimum absolute atomic E-state index is 0.720. The monoisotopic (exact) mass is 538 g/mol. The molecule has 0 rings (SSSR count). The van der Waals surface area contributed by atoms with Crippen molar-refractivity contribution < 1.29 is 9.78 Å². The van der Waals surface area contributed by atoms with Crippen LogP contribution >= 0.6 is 22.6 Å². The molecule has 0 spiro atoms. The molecule has 0 aliphatic carbocycles. The zero-order chi connectivity index (χ0) is 22.9. The summed E-state index contributed by atoms with van der Waals surface area (Å²) in [5, 5.41) is 0. The van der Waals surface area contributed by atoms with Gasteiger partial charge in [0.15, 0.2) is 0 Å². The van der Waals surface area contributed by atoms with Gasteiger partial charge in [0.2, 0.25) is 0 Å². The third-order valence-electron chi connectivity index (χ3n) is 6.70. The quantitative estimate of drug-likeness (QED) is 0.0505. The molecule has 0 heterocycles. The fourth-order valence-corrected chi connectivity index (χ4v) is 6.28. The molecule has 30 heavy (non-hydrogen) atoms. The number of rotatable bonds is 20. The molecule has 0 bridgehead atoms. The van der Waals surface area contributed by atoms with Gasteiger partial charge in [0.05, 0.1) is 13.7 Å². The Bertz CT molecular complexity index is 376. The van der Waals surface area contributed by atoms with Crippen molar-refractivity contribution in [2.24, 2.45) is 41.4 Å². The van der Waals surface area contributed by atoms with Gasteiger partial charge in [0.25, 0.3) is 0 Å². The van der Waals surface area contributed by atoms with E-state index in [0.717, 1.165) is 54.5 Å². The van der Waals surface area contributed by atoms with Crippen molar-refractivity contribution in [1.82, 2.24) is 0 Å². The van der Waals surface area contributed by atoms with Crippen LogP contribution in [0.3, 0.4) is 0 Å². The Morgan fingerprint density at radius 1 is 0.533 bits per heavy atom. The maximum Gasteiger partial charge on any atom is 0.0822 e. The van der Waals surface area contributed by atoms with Crippen LogP contribution in [0, 0.1) is 41.4 Å². The highest BCUT2D eigenvalue weighted by Crippen LogP contribution is 2.30. The first kappa shape index (κ1) is 30.6. The first-order valence-electron chi connectivity index (χ1n) is 12.9. The van der Waals surface area contributed by atoms with E-state index in [1.807, 2.05) is 0 Å². The normalized spacial score (nSPS) is 19.1. The van der Waals surface area contributed by atoms with Crippen LogP contribution in [0.5, 0.6) is 0 Å². The lowest BCUT2D eigenvalue weighted by Gasteiger charge is -2.26.